The second-order valence-electron chi connectivity index (χ2n) is 7.50. The first kappa shape index (κ1) is 32.4. The summed E-state index contributed by atoms with van der Waals surface area (Å²) < 4.78 is 41.9. The molecule has 1 unspecified atom stereocenters. The largest absolute Gasteiger partial charge is 0.287 e. The van der Waals surface area contributed by atoms with Crippen LogP contribution in [0, 0.1) is 25.7 Å². The summed E-state index contributed by atoms with van der Waals surface area (Å²) in [4.78, 5) is 0.616. The minimum Gasteiger partial charge on any atom is -0.287 e. The molecule has 2 rings (SSSR count). The predicted molar refractivity (Wildman–Crippen MR) is 148 cm³/mol. The number of aryl methyl sites for hydroxylation is 1. The van der Waals surface area contributed by atoms with Crippen molar-refractivity contribution in [2.75, 3.05) is 23.1 Å². The number of terminal acetylenes is 1. The van der Waals surface area contributed by atoms with Crippen molar-refractivity contribution in [1.82, 2.24) is 4.72 Å². The maximum atomic E-state index is 13.3. The summed E-state index contributed by atoms with van der Waals surface area (Å²) in [6, 6.07) is 12.3. The third-order valence-electron chi connectivity index (χ3n) is 4.39. The van der Waals surface area contributed by atoms with Crippen molar-refractivity contribution in [2.45, 2.75) is 52.4 Å². The van der Waals surface area contributed by atoms with Crippen LogP contribution in [0.5, 0.6) is 0 Å². The molecule has 9 heteroatoms. The Morgan fingerprint density at radius 3 is 2.12 bits per heavy atom. The van der Waals surface area contributed by atoms with Gasteiger partial charge in [0.2, 0.25) is 10.0 Å². The molecule has 0 aliphatic rings. The first-order valence-corrected chi connectivity index (χ1v) is 14.6. The summed E-state index contributed by atoms with van der Waals surface area (Å²) in [6.07, 6.45) is 9.02. The number of hydrogen-bond donors (Lipinski definition) is 1. The monoisotopic (exact) mass is 546 g/mol. The molecule has 34 heavy (non-hydrogen) atoms. The lowest BCUT2D eigenvalue weighted by atomic mass is 10.2. The van der Waals surface area contributed by atoms with Crippen molar-refractivity contribution in [3.05, 3.63) is 58.1 Å². The molecule has 0 aromatic heterocycles. The van der Waals surface area contributed by atoms with Gasteiger partial charge in [0.25, 0.3) is 0 Å². The van der Waals surface area contributed by atoms with Crippen LogP contribution in [0.4, 0.5) is 5.69 Å². The Labute approximate surface area is 218 Å². The molecule has 2 aromatic rings. The van der Waals surface area contributed by atoms with Crippen LogP contribution in [0.15, 0.2) is 47.4 Å². The Kier molecular flexibility index (Phi) is 16.2. The minimum absolute atomic E-state index is 0.0374. The van der Waals surface area contributed by atoms with E-state index in [4.69, 9.17) is 23.2 Å². The van der Waals surface area contributed by atoms with Gasteiger partial charge in [-0.25, -0.2) is 17.3 Å². The van der Waals surface area contributed by atoms with Crippen LogP contribution in [-0.2, 0) is 21.0 Å². The number of benzene rings is 2. The van der Waals surface area contributed by atoms with Gasteiger partial charge in [0, 0.05) is 23.1 Å². The van der Waals surface area contributed by atoms with Crippen LogP contribution in [0.25, 0.3) is 0 Å². The Bertz CT molecular complexity index is 1010. The quantitative estimate of drug-likeness (QED) is 0.259. The number of nitrogens with one attached hydrogen (secondary N) is 1. The normalized spacial score (nSPS) is 11.6. The fourth-order valence-corrected chi connectivity index (χ4v) is 5.64. The van der Waals surface area contributed by atoms with Crippen LogP contribution in [0.2, 0.25) is 10.0 Å². The third kappa shape index (κ3) is 11.7. The van der Waals surface area contributed by atoms with Crippen LogP contribution >= 0.6 is 23.2 Å². The van der Waals surface area contributed by atoms with E-state index in [0.29, 0.717) is 40.9 Å². The molecule has 0 fully saturated rings. The fraction of sp³-hybridized carbons (Fsp3) is 0.440. The van der Waals surface area contributed by atoms with Gasteiger partial charge in [-0.2, -0.15) is 0 Å². The van der Waals surface area contributed by atoms with Gasteiger partial charge in [0.05, 0.1) is 16.3 Å². The minimum atomic E-state index is -3.31. The summed E-state index contributed by atoms with van der Waals surface area (Å²) in [6.45, 7) is 10.7. The molecule has 0 aliphatic carbocycles. The molecule has 0 heterocycles. The van der Waals surface area contributed by atoms with Crippen LogP contribution < -0.4 is 9.03 Å². The Morgan fingerprint density at radius 2 is 1.56 bits per heavy atom. The summed E-state index contributed by atoms with van der Waals surface area (Å²) in [5.74, 6) is 0.290. The van der Waals surface area contributed by atoms with E-state index in [-0.39, 0.29) is 11.7 Å². The molecule has 1 N–H and O–H groups in total. The van der Waals surface area contributed by atoms with Gasteiger partial charge in [-0.05, 0) is 67.6 Å². The molecule has 0 aliphatic heterocycles. The maximum absolute atomic E-state index is 13.3. The Hall–Kier alpha value is -1.56. The van der Waals surface area contributed by atoms with E-state index in [0.717, 1.165) is 11.3 Å². The number of hydrogen-bond acceptors (Lipinski definition) is 3. The molecule has 0 amide bonds. The number of anilines is 1. The number of sulfonamides is 1. The maximum Gasteiger partial charge on any atom is 0.211 e. The van der Waals surface area contributed by atoms with Crippen LogP contribution in [0.1, 0.15) is 46.1 Å². The first-order valence-electron chi connectivity index (χ1n) is 11.1. The zero-order chi connectivity index (χ0) is 26.3. The molecule has 1 atom stereocenters. The lowest BCUT2D eigenvalue weighted by molar-refractivity contribution is 0.557. The van der Waals surface area contributed by atoms with Crippen molar-refractivity contribution in [1.29, 1.82) is 0 Å². The Balaban J connectivity index is 0.00000258. The van der Waals surface area contributed by atoms with Crippen LogP contribution in [-0.4, -0.2) is 31.5 Å². The highest BCUT2D eigenvalue weighted by molar-refractivity contribution is 7.89. The van der Waals surface area contributed by atoms with Crippen molar-refractivity contribution in [3.8, 4) is 12.8 Å². The predicted octanol–water partition coefficient (Wildman–Crippen LogP) is 6.46. The molecule has 5 nitrogen and oxygen atoms in total. The van der Waals surface area contributed by atoms with Gasteiger partial charge in [0.1, 0.15) is 0 Å². The van der Waals surface area contributed by atoms with E-state index in [9.17, 15) is 12.6 Å². The van der Waals surface area contributed by atoms with Gasteiger partial charge >= 0.3 is 0 Å². The van der Waals surface area contributed by atoms with Gasteiger partial charge in [-0.1, -0.05) is 57.0 Å². The van der Waals surface area contributed by atoms with Gasteiger partial charge in [-0.3, -0.25) is 4.31 Å². The van der Waals surface area contributed by atoms with Crippen molar-refractivity contribution < 1.29 is 12.6 Å². The van der Waals surface area contributed by atoms with E-state index >= 15 is 0 Å². The van der Waals surface area contributed by atoms with Gasteiger partial charge < -0.3 is 0 Å². The van der Waals surface area contributed by atoms with Gasteiger partial charge in [-0.15, -0.1) is 12.8 Å². The van der Waals surface area contributed by atoms with E-state index in [1.807, 2.05) is 40.7 Å². The number of halogens is 2. The van der Waals surface area contributed by atoms with Gasteiger partial charge in [0.15, 0.2) is 11.0 Å². The summed E-state index contributed by atoms with van der Waals surface area (Å²) in [7, 11) is -4.79. The summed E-state index contributed by atoms with van der Waals surface area (Å²) in [5, 5.41) is 1.12. The molecule has 0 radical (unpaired) electrons. The van der Waals surface area contributed by atoms with Crippen molar-refractivity contribution >= 4 is 49.9 Å². The zero-order valence-corrected chi connectivity index (χ0v) is 23.7. The lowest BCUT2D eigenvalue weighted by Crippen LogP contribution is -2.31. The zero-order valence-electron chi connectivity index (χ0n) is 20.6. The summed E-state index contributed by atoms with van der Waals surface area (Å²) >= 11 is 12.1. The van der Waals surface area contributed by atoms with Crippen molar-refractivity contribution in [2.24, 2.45) is 5.92 Å². The first-order chi connectivity index (χ1) is 16.1. The van der Waals surface area contributed by atoms with E-state index in [2.05, 4.69) is 17.6 Å². The van der Waals surface area contributed by atoms with E-state index in [1.165, 1.54) is 0 Å². The van der Waals surface area contributed by atoms with Crippen molar-refractivity contribution in [3.63, 3.8) is 0 Å². The second-order valence-corrected chi connectivity index (χ2v) is 11.7. The topological polar surface area (TPSA) is 66.5 Å². The second kappa shape index (κ2) is 17.0. The highest BCUT2D eigenvalue weighted by Crippen LogP contribution is 2.28. The number of nitrogens with zero attached hydrogens (tertiary/aromatic N) is 1. The molecule has 0 spiro atoms. The highest BCUT2D eigenvalue weighted by atomic mass is 35.5. The molecular formula is C25H36Cl2N2O3S2. The van der Waals surface area contributed by atoms with E-state index in [1.54, 1.807) is 40.7 Å². The average molecular weight is 548 g/mol. The SMILES string of the molecule is C#C.CC.Cc1ccc(Cl)cc1N(CCCCS(=O)(=O)NCC(C)C)S(=O)c1ccc(Cl)cc1. The molecular weight excluding hydrogens is 511 g/mol. The lowest BCUT2D eigenvalue weighted by Gasteiger charge is -2.25. The standard InChI is InChI=1S/C21H28Cl2N2O3S2.C2H6.C2H2/c1-16(2)15-24-30(27,28)13-5-4-12-25(21-14-19(23)7-6-17(21)3)29(26)20-10-8-18(22)9-11-20;2*1-2/h6-11,14,16,24H,4-5,12-13,15H2,1-3H3;1-2H3;1-2H. The molecule has 190 valence electrons. The van der Waals surface area contributed by atoms with E-state index < -0.39 is 21.0 Å². The molecule has 0 saturated heterocycles. The smallest absolute Gasteiger partial charge is 0.211 e. The fourth-order valence-electron chi connectivity index (χ4n) is 2.74. The number of unbranched alkanes of at least 4 members (excludes halogenated alkanes) is 1. The molecule has 0 bridgehead atoms. The van der Waals surface area contributed by atoms with Crippen LogP contribution in [0.3, 0.4) is 0 Å². The number of rotatable bonds is 11. The average Bonchev–Trinajstić information content (AvgIpc) is 2.82. The molecule has 0 saturated carbocycles. The third-order valence-corrected chi connectivity index (χ3v) is 7.77. The highest BCUT2D eigenvalue weighted by Gasteiger charge is 2.19. The Morgan fingerprint density at radius 1 is 1.00 bits per heavy atom. The summed E-state index contributed by atoms with van der Waals surface area (Å²) in [5.41, 5.74) is 1.70. The molecule has 2 aromatic carbocycles.